The first-order valence-corrected chi connectivity index (χ1v) is 17.7. The number of fused-ring (bicyclic) bond motifs is 4. The van der Waals surface area contributed by atoms with E-state index in [1.807, 2.05) is 0 Å². The van der Waals surface area contributed by atoms with Gasteiger partial charge < -0.3 is 14.6 Å². The lowest BCUT2D eigenvalue weighted by molar-refractivity contribution is -0.384. The van der Waals surface area contributed by atoms with E-state index in [0.717, 1.165) is 16.0 Å². The highest BCUT2D eigenvalue weighted by atomic mass is 35.5. The predicted molar refractivity (Wildman–Crippen MR) is 196 cm³/mol. The Morgan fingerprint density at radius 3 is 2.33 bits per heavy atom. The summed E-state index contributed by atoms with van der Waals surface area (Å²) in [5.74, 6) is -8.03. The van der Waals surface area contributed by atoms with Gasteiger partial charge in [-0.05, 0) is 66.8 Å². The Kier molecular flexibility index (Phi) is 8.60. The van der Waals surface area contributed by atoms with Crippen LogP contribution in [0.3, 0.4) is 0 Å². The molecule has 280 valence electrons. The van der Waals surface area contributed by atoms with Crippen LogP contribution in [-0.4, -0.2) is 52.9 Å². The molecule has 0 aromatic heterocycles. The van der Waals surface area contributed by atoms with Crippen LogP contribution in [0.4, 0.5) is 21.5 Å². The molecule has 2 aliphatic carbocycles. The van der Waals surface area contributed by atoms with Gasteiger partial charge in [-0.3, -0.25) is 34.7 Å². The lowest BCUT2D eigenvalue weighted by atomic mass is 9.49. The molecular formula is C40H32ClFN4O9. The SMILES string of the molecule is COc1cc(O)c([C@H]2C3=CC[C@@H]4C(=O)N(c5cccc([N+](=O)[O-])c5)C(=O)[C@@H]4[C@@H]3C[C@H]3C(=O)N(Nc4ccc(F)cc4)C(=O)[C@@]23c2ccc(Cl)cc2)c(OC)c1. The maximum Gasteiger partial charge on any atom is 0.271 e. The van der Waals surface area contributed by atoms with Gasteiger partial charge in [0.2, 0.25) is 11.8 Å². The third-order valence-corrected chi connectivity index (χ3v) is 11.6. The second-order valence-electron chi connectivity index (χ2n) is 13.9. The zero-order valence-electron chi connectivity index (χ0n) is 29.3. The summed E-state index contributed by atoms with van der Waals surface area (Å²) in [6, 6.07) is 19.7. The highest BCUT2D eigenvalue weighted by molar-refractivity contribution is 6.30. The average molecular weight is 767 g/mol. The van der Waals surface area contributed by atoms with Crippen LogP contribution in [0.1, 0.15) is 29.9 Å². The molecule has 13 nitrogen and oxygen atoms in total. The number of carbonyl (C=O) groups excluding carboxylic acids is 4. The number of methoxy groups -OCH3 is 2. The zero-order valence-corrected chi connectivity index (χ0v) is 30.0. The fourth-order valence-corrected chi connectivity index (χ4v) is 9.26. The minimum atomic E-state index is -1.78. The van der Waals surface area contributed by atoms with Crippen molar-refractivity contribution in [1.29, 1.82) is 0 Å². The molecule has 4 aliphatic rings. The van der Waals surface area contributed by atoms with Crippen molar-refractivity contribution in [1.82, 2.24) is 5.01 Å². The maximum absolute atomic E-state index is 15.4. The summed E-state index contributed by atoms with van der Waals surface area (Å²) in [5.41, 5.74) is 2.14. The molecule has 2 heterocycles. The Morgan fingerprint density at radius 2 is 1.65 bits per heavy atom. The molecule has 2 N–H and O–H groups in total. The van der Waals surface area contributed by atoms with Gasteiger partial charge in [-0.2, -0.15) is 5.01 Å². The summed E-state index contributed by atoms with van der Waals surface area (Å²) in [4.78, 5) is 70.8. The number of benzene rings is 4. The molecule has 15 heteroatoms. The summed E-state index contributed by atoms with van der Waals surface area (Å²) in [6.45, 7) is 0. The predicted octanol–water partition coefficient (Wildman–Crippen LogP) is 6.30. The number of allylic oxidation sites excluding steroid dienone is 2. The quantitative estimate of drug-likeness (QED) is 0.0899. The number of nitro benzene ring substituents is 1. The van der Waals surface area contributed by atoms with E-state index < -0.39 is 69.4 Å². The number of hydrogen-bond acceptors (Lipinski definition) is 10. The molecule has 1 saturated carbocycles. The molecule has 0 spiro atoms. The third-order valence-electron chi connectivity index (χ3n) is 11.4. The van der Waals surface area contributed by atoms with Gasteiger partial charge in [-0.25, -0.2) is 9.29 Å². The van der Waals surface area contributed by atoms with Crippen molar-refractivity contribution in [2.24, 2.45) is 23.7 Å². The van der Waals surface area contributed by atoms with Crippen molar-refractivity contribution in [2.45, 2.75) is 24.2 Å². The number of phenolic OH excluding ortho intramolecular Hbond substituents is 1. The summed E-state index contributed by atoms with van der Waals surface area (Å²) < 4.78 is 25.2. The number of hydrazine groups is 1. The molecule has 0 radical (unpaired) electrons. The van der Waals surface area contributed by atoms with Gasteiger partial charge in [0.1, 0.15) is 23.1 Å². The van der Waals surface area contributed by atoms with E-state index in [2.05, 4.69) is 5.43 Å². The van der Waals surface area contributed by atoms with Gasteiger partial charge in [0.05, 0.1) is 53.7 Å². The van der Waals surface area contributed by atoms with Crippen molar-refractivity contribution >= 4 is 52.3 Å². The van der Waals surface area contributed by atoms with E-state index in [1.165, 1.54) is 62.8 Å². The molecule has 2 saturated heterocycles. The van der Waals surface area contributed by atoms with Gasteiger partial charge in [0, 0.05) is 40.8 Å². The van der Waals surface area contributed by atoms with Crippen LogP contribution in [-0.2, 0) is 24.6 Å². The second kappa shape index (κ2) is 13.2. The van der Waals surface area contributed by atoms with Gasteiger partial charge >= 0.3 is 0 Å². The number of ether oxygens (including phenoxy) is 2. The number of nitro groups is 1. The van der Waals surface area contributed by atoms with Crippen molar-refractivity contribution in [3.05, 3.63) is 129 Å². The smallest absolute Gasteiger partial charge is 0.271 e. The normalized spacial score (nSPS) is 25.6. The number of nitrogens with one attached hydrogen (secondary N) is 1. The number of halogens is 2. The summed E-state index contributed by atoms with van der Waals surface area (Å²) in [6.07, 6.45) is 1.78. The Hall–Kier alpha value is -6.28. The standard InChI is InChI=1S/C40H32ClFN4O9/c1-54-26-17-31(47)34(32(18-26)55-2)35-27-14-15-28-33(38(50)44(36(28)48)24-4-3-5-25(16-24)46(52)53)29(27)19-30-37(49)45(43-23-12-10-22(42)11-13-23)39(51)40(30,35)20-6-8-21(41)9-7-20/h3-14,16-18,28-30,33,35,43,47H,15,19H2,1-2H3/t28-,29+,30-,33-,35+,40+/m0/s1. The lowest BCUT2D eigenvalue weighted by Crippen LogP contribution is -2.53. The molecule has 2 aliphatic heterocycles. The molecule has 55 heavy (non-hydrogen) atoms. The number of aromatic hydroxyl groups is 1. The molecule has 4 aromatic rings. The van der Waals surface area contributed by atoms with Gasteiger partial charge in [-0.1, -0.05) is 41.4 Å². The number of hydrogen-bond donors (Lipinski definition) is 2. The first kappa shape index (κ1) is 35.7. The number of rotatable bonds is 8. The molecule has 8 rings (SSSR count). The molecule has 3 fully saturated rings. The number of imide groups is 2. The van der Waals surface area contributed by atoms with Crippen LogP contribution in [0.2, 0.25) is 5.02 Å². The highest BCUT2D eigenvalue weighted by Crippen LogP contribution is 2.66. The van der Waals surface area contributed by atoms with Crippen LogP contribution in [0.25, 0.3) is 0 Å². The fraction of sp³-hybridized carbons (Fsp3) is 0.250. The topological polar surface area (TPSA) is 169 Å². The van der Waals surface area contributed by atoms with Crippen LogP contribution in [0, 0.1) is 39.6 Å². The van der Waals surface area contributed by atoms with Crippen molar-refractivity contribution in [3.63, 3.8) is 0 Å². The molecule has 4 amide bonds. The molecule has 0 bridgehead atoms. The van der Waals surface area contributed by atoms with Crippen LogP contribution < -0.4 is 19.8 Å². The number of nitrogens with zero attached hydrogens (tertiary/aromatic N) is 3. The molecule has 0 unspecified atom stereocenters. The minimum Gasteiger partial charge on any atom is -0.507 e. The van der Waals surface area contributed by atoms with Crippen molar-refractivity contribution < 1.29 is 43.1 Å². The molecule has 6 atom stereocenters. The number of carbonyl (C=O) groups is 4. The molecule has 4 aromatic carbocycles. The van der Waals surface area contributed by atoms with Crippen LogP contribution in [0.15, 0.2) is 96.6 Å². The Morgan fingerprint density at radius 1 is 0.927 bits per heavy atom. The Balaban J connectivity index is 1.35. The number of anilines is 2. The zero-order chi connectivity index (χ0) is 38.9. The summed E-state index contributed by atoms with van der Waals surface area (Å²) in [7, 11) is 2.80. The third kappa shape index (κ3) is 5.34. The molecular weight excluding hydrogens is 735 g/mol. The minimum absolute atomic E-state index is 0.0410. The average Bonchev–Trinajstić information content (AvgIpc) is 3.56. The largest absolute Gasteiger partial charge is 0.507 e. The van der Waals surface area contributed by atoms with Gasteiger partial charge in [0.15, 0.2) is 0 Å². The van der Waals surface area contributed by atoms with Crippen molar-refractivity contribution in [2.75, 3.05) is 24.5 Å². The van der Waals surface area contributed by atoms with Crippen LogP contribution >= 0.6 is 11.6 Å². The van der Waals surface area contributed by atoms with Gasteiger partial charge in [0.25, 0.3) is 17.5 Å². The number of phenols is 1. The van der Waals surface area contributed by atoms with E-state index in [4.69, 9.17) is 21.1 Å². The first-order chi connectivity index (χ1) is 26.4. The highest BCUT2D eigenvalue weighted by Gasteiger charge is 2.71. The van der Waals surface area contributed by atoms with E-state index in [1.54, 1.807) is 36.4 Å². The maximum atomic E-state index is 15.4. The first-order valence-electron chi connectivity index (χ1n) is 17.3. The van der Waals surface area contributed by atoms with Crippen molar-refractivity contribution in [3.8, 4) is 17.2 Å². The summed E-state index contributed by atoms with van der Waals surface area (Å²) in [5, 5.41) is 24.7. The Bertz CT molecular complexity index is 2340. The van der Waals surface area contributed by atoms with E-state index in [-0.39, 0.29) is 52.7 Å². The second-order valence-corrected chi connectivity index (χ2v) is 14.4. The number of non-ortho nitro benzene ring substituents is 1. The summed E-state index contributed by atoms with van der Waals surface area (Å²) >= 11 is 6.36. The fourth-order valence-electron chi connectivity index (χ4n) is 9.13. The van der Waals surface area contributed by atoms with Gasteiger partial charge in [-0.15, -0.1) is 0 Å². The number of amides is 4. The Labute approximate surface area is 318 Å². The van der Waals surface area contributed by atoms with E-state index in [9.17, 15) is 34.0 Å². The monoisotopic (exact) mass is 766 g/mol. The lowest BCUT2D eigenvalue weighted by Gasteiger charge is -2.50. The van der Waals surface area contributed by atoms with E-state index >= 15 is 4.79 Å². The van der Waals surface area contributed by atoms with E-state index in [0.29, 0.717) is 16.2 Å². The van der Waals surface area contributed by atoms with Crippen LogP contribution in [0.5, 0.6) is 17.2 Å².